The Morgan fingerprint density at radius 1 is 1.12 bits per heavy atom. The number of benzene rings is 1. The molecule has 8 heteroatoms. The predicted molar refractivity (Wildman–Crippen MR) is 134 cm³/mol. The van der Waals surface area contributed by atoms with Crippen LogP contribution >= 0.6 is 11.3 Å². The van der Waals surface area contributed by atoms with Crippen LogP contribution in [-0.4, -0.2) is 54.9 Å². The first-order valence-electron chi connectivity index (χ1n) is 11.9. The molecule has 2 fully saturated rings. The van der Waals surface area contributed by atoms with Crippen molar-refractivity contribution < 1.29 is 14.6 Å². The summed E-state index contributed by atoms with van der Waals surface area (Å²) in [5.74, 6) is 0.896. The first-order valence-corrected chi connectivity index (χ1v) is 12.8. The SMILES string of the molecule is O=C(NC1CC1)c1cc2c(s1)-c1ccccc1N(C(O)c1cccc(N3CCOCC3)n1)CC2. The molecule has 2 aromatic heterocycles. The number of hydrogen-bond donors (Lipinski definition) is 2. The van der Waals surface area contributed by atoms with E-state index in [1.807, 2.05) is 47.4 Å². The van der Waals surface area contributed by atoms with Gasteiger partial charge in [-0.2, -0.15) is 0 Å². The van der Waals surface area contributed by atoms with Crippen molar-refractivity contribution in [3.05, 3.63) is 64.7 Å². The number of thiophene rings is 1. The van der Waals surface area contributed by atoms with Crippen molar-refractivity contribution in [1.82, 2.24) is 10.3 Å². The zero-order valence-corrected chi connectivity index (χ0v) is 19.8. The van der Waals surface area contributed by atoms with Gasteiger partial charge in [0.1, 0.15) is 5.82 Å². The van der Waals surface area contributed by atoms with Crippen LogP contribution in [0, 0.1) is 0 Å². The molecule has 1 unspecified atom stereocenters. The zero-order valence-electron chi connectivity index (χ0n) is 18.9. The summed E-state index contributed by atoms with van der Waals surface area (Å²) >= 11 is 1.55. The number of rotatable bonds is 5. The lowest BCUT2D eigenvalue weighted by Crippen LogP contribution is -2.37. The minimum Gasteiger partial charge on any atom is -0.378 e. The monoisotopic (exact) mass is 476 g/mol. The fraction of sp³-hybridized carbons (Fsp3) is 0.385. The van der Waals surface area contributed by atoms with E-state index >= 15 is 0 Å². The predicted octanol–water partition coefficient (Wildman–Crippen LogP) is 3.59. The van der Waals surface area contributed by atoms with Crippen LogP contribution in [0.3, 0.4) is 0 Å². The summed E-state index contributed by atoms with van der Waals surface area (Å²) in [6, 6.07) is 16.3. The third-order valence-corrected chi connectivity index (χ3v) is 7.89. The molecule has 176 valence electrons. The molecule has 6 rings (SSSR count). The van der Waals surface area contributed by atoms with E-state index in [0.717, 1.165) is 64.7 Å². The van der Waals surface area contributed by atoms with E-state index in [1.54, 1.807) is 11.3 Å². The van der Waals surface area contributed by atoms with Crippen molar-refractivity contribution in [2.75, 3.05) is 42.6 Å². The van der Waals surface area contributed by atoms with Gasteiger partial charge < -0.3 is 25.0 Å². The Kier molecular flexibility index (Phi) is 5.72. The fourth-order valence-corrected chi connectivity index (χ4v) is 5.83. The van der Waals surface area contributed by atoms with Gasteiger partial charge in [0.15, 0.2) is 6.23 Å². The van der Waals surface area contributed by atoms with Crippen LogP contribution in [0.1, 0.15) is 40.0 Å². The van der Waals surface area contributed by atoms with E-state index in [1.165, 1.54) is 0 Å². The number of amides is 1. The molecule has 3 aliphatic rings. The maximum atomic E-state index is 12.7. The Bertz CT molecular complexity index is 1200. The Morgan fingerprint density at radius 2 is 1.94 bits per heavy atom. The van der Waals surface area contributed by atoms with Crippen LogP contribution in [0.4, 0.5) is 11.5 Å². The van der Waals surface area contributed by atoms with Crippen molar-refractivity contribution >= 4 is 28.7 Å². The highest BCUT2D eigenvalue weighted by Gasteiger charge is 2.30. The highest BCUT2D eigenvalue weighted by Crippen LogP contribution is 2.43. The van der Waals surface area contributed by atoms with E-state index in [9.17, 15) is 9.90 Å². The van der Waals surface area contributed by atoms with Crippen molar-refractivity contribution in [3.8, 4) is 10.4 Å². The second-order valence-corrected chi connectivity index (χ2v) is 10.1. The number of fused-ring (bicyclic) bond motifs is 3. The number of aliphatic hydroxyl groups is 1. The number of aliphatic hydroxyl groups excluding tert-OH is 1. The lowest BCUT2D eigenvalue weighted by Gasteiger charge is -2.31. The van der Waals surface area contributed by atoms with Gasteiger partial charge >= 0.3 is 0 Å². The smallest absolute Gasteiger partial charge is 0.261 e. The standard InChI is InChI=1S/C26H28N4O3S/c31-25(27-18-8-9-18)22-16-17-10-11-30(21-6-2-1-4-19(21)24(17)34-22)26(32)20-5-3-7-23(28-20)29-12-14-33-15-13-29/h1-7,16,18,26,32H,8-15H2,(H,27,31). The van der Waals surface area contributed by atoms with Gasteiger partial charge in [-0.15, -0.1) is 11.3 Å². The molecule has 1 aliphatic carbocycles. The average molecular weight is 477 g/mol. The maximum Gasteiger partial charge on any atom is 0.261 e. The number of aromatic nitrogens is 1. The van der Waals surface area contributed by atoms with Gasteiger partial charge in [0.05, 0.1) is 23.8 Å². The summed E-state index contributed by atoms with van der Waals surface area (Å²) in [6.07, 6.45) is 2.03. The van der Waals surface area contributed by atoms with E-state index in [4.69, 9.17) is 9.72 Å². The Balaban J connectivity index is 1.30. The summed E-state index contributed by atoms with van der Waals surface area (Å²) < 4.78 is 5.46. The molecule has 34 heavy (non-hydrogen) atoms. The molecule has 0 bridgehead atoms. The van der Waals surface area contributed by atoms with Gasteiger partial charge in [0, 0.05) is 41.8 Å². The number of ether oxygens (including phenoxy) is 1. The highest BCUT2D eigenvalue weighted by molar-refractivity contribution is 7.17. The van der Waals surface area contributed by atoms with Gasteiger partial charge in [0.2, 0.25) is 0 Å². The number of nitrogens with one attached hydrogen (secondary N) is 1. The number of carbonyl (C=O) groups is 1. The van der Waals surface area contributed by atoms with Crippen LogP contribution in [0.25, 0.3) is 10.4 Å². The molecule has 1 saturated heterocycles. The maximum absolute atomic E-state index is 12.7. The number of nitrogens with zero attached hydrogens (tertiary/aromatic N) is 3. The number of morpholine rings is 1. The quantitative estimate of drug-likeness (QED) is 0.586. The second kappa shape index (κ2) is 9.02. The number of anilines is 2. The molecule has 3 aromatic rings. The van der Waals surface area contributed by atoms with Crippen LogP contribution < -0.4 is 15.1 Å². The summed E-state index contributed by atoms with van der Waals surface area (Å²) in [4.78, 5) is 23.6. The molecular weight excluding hydrogens is 448 g/mol. The summed E-state index contributed by atoms with van der Waals surface area (Å²) in [5.41, 5.74) is 3.80. The van der Waals surface area contributed by atoms with Crippen LogP contribution in [0.15, 0.2) is 48.5 Å². The molecule has 7 nitrogen and oxygen atoms in total. The molecule has 1 amide bonds. The van der Waals surface area contributed by atoms with E-state index in [-0.39, 0.29) is 5.91 Å². The van der Waals surface area contributed by atoms with Crippen LogP contribution in [-0.2, 0) is 11.2 Å². The van der Waals surface area contributed by atoms with Crippen molar-refractivity contribution in [1.29, 1.82) is 0 Å². The molecule has 2 N–H and O–H groups in total. The van der Waals surface area contributed by atoms with E-state index < -0.39 is 6.23 Å². The third kappa shape index (κ3) is 4.17. The Hall–Kier alpha value is -2.94. The van der Waals surface area contributed by atoms with Crippen molar-refractivity contribution in [2.24, 2.45) is 0 Å². The normalized spacial score (nSPS) is 18.6. The zero-order chi connectivity index (χ0) is 23.1. The summed E-state index contributed by atoms with van der Waals surface area (Å²) in [7, 11) is 0. The second-order valence-electron chi connectivity index (χ2n) is 9.07. The van der Waals surface area contributed by atoms with Gasteiger partial charge in [-0.05, 0) is 49.1 Å². The minimum atomic E-state index is -0.867. The number of para-hydroxylation sites is 1. The van der Waals surface area contributed by atoms with Crippen LogP contribution in [0.2, 0.25) is 0 Å². The lowest BCUT2D eigenvalue weighted by molar-refractivity contribution is 0.0955. The average Bonchev–Trinajstić information content (AvgIpc) is 3.63. The summed E-state index contributed by atoms with van der Waals surface area (Å²) in [6.45, 7) is 3.62. The fourth-order valence-electron chi connectivity index (χ4n) is 4.68. The molecule has 2 aliphatic heterocycles. The first kappa shape index (κ1) is 21.6. The van der Waals surface area contributed by atoms with E-state index in [2.05, 4.69) is 16.3 Å². The van der Waals surface area contributed by atoms with Gasteiger partial charge in [-0.3, -0.25) is 4.79 Å². The first-order chi connectivity index (χ1) is 16.7. The van der Waals surface area contributed by atoms with E-state index in [0.29, 0.717) is 31.5 Å². The van der Waals surface area contributed by atoms with Gasteiger partial charge in [-0.1, -0.05) is 24.3 Å². The number of pyridine rings is 1. The number of carbonyl (C=O) groups excluding carboxylic acids is 1. The number of hydrogen-bond acceptors (Lipinski definition) is 7. The third-order valence-electron chi connectivity index (χ3n) is 6.68. The van der Waals surface area contributed by atoms with Crippen molar-refractivity contribution in [3.63, 3.8) is 0 Å². The molecular formula is C26H28N4O3S. The highest BCUT2D eigenvalue weighted by atomic mass is 32.1. The summed E-state index contributed by atoms with van der Waals surface area (Å²) in [5, 5.41) is 14.6. The largest absolute Gasteiger partial charge is 0.378 e. The lowest BCUT2D eigenvalue weighted by atomic mass is 10.1. The van der Waals surface area contributed by atoms with Crippen molar-refractivity contribution in [2.45, 2.75) is 31.5 Å². The molecule has 4 heterocycles. The molecule has 1 atom stereocenters. The molecule has 0 spiro atoms. The van der Waals surface area contributed by atoms with Crippen LogP contribution in [0.5, 0.6) is 0 Å². The Morgan fingerprint density at radius 3 is 2.76 bits per heavy atom. The molecule has 1 saturated carbocycles. The topological polar surface area (TPSA) is 77.9 Å². The van der Waals surface area contributed by atoms with Gasteiger partial charge in [0.25, 0.3) is 5.91 Å². The molecule has 0 radical (unpaired) electrons. The minimum absolute atomic E-state index is 0.0269. The van der Waals surface area contributed by atoms with Gasteiger partial charge in [-0.25, -0.2) is 4.98 Å². The Labute approximate surface area is 203 Å². The molecule has 1 aromatic carbocycles.